The molecule has 464 valence electrons. The van der Waals surface area contributed by atoms with E-state index in [-0.39, 0.29) is 0 Å². The molecule has 0 N–H and O–H groups in total. The number of para-hydroxylation sites is 4. The summed E-state index contributed by atoms with van der Waals surface area (Å²) in [7, 11) is 0. The number of fused-ring (bicyclic) bond motifs is 23. The Morgan fingerprint density at radius 3 is 0.950 bits per heavy atom. The Bertz CT molecular complexity index is 7110. The zero-order valence-electron chi connectivity index (χ0n) is 54.4. The SMILES string of the molecule is c1ccc(-n2c3ccc(-c4ccc5c(c4)c4ccc6c7ccccc7ccc6c4n5-c4ccccc4)cc3c3ccc4ccccc4c32)cc1.c1ccc(-n2c3ccc(-c4ccc5c(c4)c4ccc6ccc7ccccc7c6c4n5-c4ccccc4)cc3c3cc4ccccc4cc32)cc1. The summed E-state index contributed by atoms with van der Waals surface area (Å²) in [4.78, 5) is 0. The number of rotatable bonds is 6. The smallest absolute Gasteiger partial charge is 0.0625 e. The molecule has 4 heterocycles. The van der Waals surface area contributed by atoms with E-state index in [0.717, 1.165) is 0 Å². The minimum absolute atomic E-state index is 1.17. The normalized spacial score (nSPS) is 12.0. The van der Waals surface area contributed by atoms with Gasteiger partial charge in [0.25, 0.3) is 0 Å². The molecule has 0 aliphatic heterocycles. The lowest BCUT2D eigenvalue weighted by molar-refractivity contribution is 1.18. The van der Waals surface area contributed by atoms with Crippen molar-refractivity contribution in [1.29, 1.82) is 0 Å². The van der Waals surface area contributed by atoms with Crippen molar-refractivity contribution in [2.75, 3.05) is 0 Å². The van der Waals surface area contributed by atoms with Gasteiger partial charge in [-0.3, -0.25) is 0 Å². The molecule has 0 aliphatic rings. The van der Waals surface area contributed by atoms with Crippen LogP contribution in [0.4, 0.5) is 0 Å². The fourth-order valence-corrected chi connectivity index (χ4v) is 16.8. The Hall–Kier alpha value is -13.3. The third-order valence-corrected chi connectivity index (χ3v) is 21.3. The molecule has 0 bridgehead atoms. The van der Waals surface area contributed by atoms with Crippen molar-refractivity contribution in [2.45, 2.75) is 0 Å². The van der Waals surface area contributed by atoms with Crippen molar-refractivity contribution in [3.63, 3.8) is 0 Å². The van der Waals surface area contributed by atoms with Crippen LogP contribution >= 0.6 is 0 Å². The second-order valence-corrected chi connectivity index (χ2v) is 26.7. The highest BCUT2D eigenvalue weighted by Crippen LogP contribution is 2.46. The molecule has 4 aromatic heterocycles. The highest BCUT2D eigenvalue weighted by atomic mass is 15.0. The topological polar surface area (TPSA) is 19.7 Å². The zero-order valence-corrected chi connectivity index (χ0v) is 54.4. The molecule has 18 aromatic carbocycles. The van der Waals surface area contributed by atoms with Crippen molar-refractivity contribution >= 4 is 152 Å². The molecule has 0 fully saturated rings. The van der Waals surface area contributed by atoms with Crippen LogP contribution in [0.25, 0.3) is 197 Å². The van der Waals surface area contributed by atoms with Crippen molar-refractivity contribution < 1.29 is 0 Å². The van der Waals surface area contributed by atoms with Crippen LogP contribution in [-0.4, -0.2) is 18.3 Å². The predicted octanol–water partition coefficient (Wildman–Crippen LogP) is 26.0. The number of nitrogens with zero attached hydrogens (tertiary/aromatic N) is 4. The van der Waals surface area contributed by atoms with Gasteiger partial charge in [-0.2, -0.15) is 0 Å². The Kier molecular flexibility index (Phi) is 12.4. The molecular weight excluding hydrogens is 1210 g/mol. The van der Waals surface area contributed by atoms with E-state index in [1.807, 2.05) is 0 Å². The monoisotopic (exact) mass is 1270 g/mol. The summed E-state index contributed by atoms with van der Waals surface area (Å²) in [5.74, 6) is 0. The van der Waals surface area contributed by atoms with E-state index in [0.29, 0.717) is 0 Å². The first-order valence-corrected chi connectivity index (χ1v) is 34.5. The molecule has 4 heteroatoms. The van der Waals surface area contributed by atoms with E-state index >= 15 is 0 Å². The van der Waals surface area contributed by atoms with Crippen LogP contribution in [0.5, 0.6) is 0 Å². The molecule has 100 heavy (non-hydrogen) atoms. The summed E-state index contributed by atoms with van der Waals surface area (Å²) >= 11 is 0. The van der Waals surface area contributed by atoms with E-state index in [2.05, 4.69) is 382 Å². The largest absolute Gasteiger partial charge is 0.309 e. The second-order valence-electron chi connectivity index (χ2n) is 26.7. The van der Waals surface area contributed by atoms with Crippen molar-refractivity contribution in [2.24, 2.45) is 0 Å². The van der Waals surface area contributed by atoms with Gasteiger partial charge in [0.2, 0.25) is 0 Å². The predicted molar refractivity (Wildman–Crippen MR) is 426 cm³/mol. The third kappa shape index (κ3) is 8.54. The molecule has 0 aliphatic carbocycles. The lowest BCUT2D eigenvalue weighted by Gasteiger charge is -2.12. The van der Waals surface area contributed by atoms with Gasteiger partial charge in [-0.05, 0) is 180 Å². The molecule has 22 aromatic rings. The van der Waals surface area contributed by atoms with Crippen LogP contribution < -0.4 is 0 Å². The summed E-state index contributed by atoms with van der Waals surface area (Å²) in [6.45, 7) is 0. The van der Waals surface area contributed by atoms with Gasteiger partial charge in [0.15, 0.2) is 0 Å². The number of hydrogen-bond donors (Lipinski definition) is 0. The minimum Gasteiger partial charge on any atom is -0.309 e. The van der Waals surface area contributed by atoms with E-state index in [4.69, 9.17) is 0 Å². The summed E-state index contributed by atoms with van der Waals surface area (Å²) in [6, 6.07) is 134. The van der Waals surface area contributed by atoms with E-state index in [1.54, 1.807) is 0 Å². The quantitative estimate of drug-likeness (QED) is 0.148. The maximum Gasteiger partial charge on any atom is 0.0625 e. The Morgan fingerprint density at radius 1 is 0.140 bits per heavy atom. The summed E-state index contributed by atoms with van der Waals surface area (Å²) in [5.41, 5.74) is 19.4. The van der Waals surface area contributed by atoms with Gasteiger partial charge in [0, 0.05) is 82.0 Å². The van der Waals surface area contributed by atoms with Crippen molar-refractivity contribution in [1.82, 2.24) is 18.3 Å². The molecule has 0 saturated heterocycles. The lowest BCUT2D eigenvalue weighted by atomic mass is 9.98. The first-order chi connectivity index (χ1) is 49.6. The first-order valence-electron chi connectivity index (χ1n) is 34.5. The molecule has 0 unspecified atom stereocenters. The lowest BCUT2D eigenvalue weighted by Crippen LogP contribution is -1.94. The molecule has 0 saturated carbocycles. The van der Waals surface area contributed by atoms with Gasteiger partial charge >= 0.3 is 0 Å². The van der Waals surface area contributed by atoms with Crippen LogP contribution in [0.15, 0.2) is 364 Å². The molecule has 0 amide bonds. The number of aromatic nitrogens is 4. The summed E-state index contributed by atoms with van der Waals surface area (Å²) in [6.07, 6.45) is 0. The van der Waals surface area contributed by atoms with Crippen LogP contribution in [0.2, 0.25) is 0 Å². The van der Waals surface area contributed by atoms with Gasteiger partial charge in [-0.25, -0.2) is 0 Å². The Morgan fingerprint density at radius 2 is 0.440 bits per heavy atom. The van der Waals surface area contributed by atoms with Gasteiger partial charge in [-0.1, -0.05) is 255 Å². The first kappa shape index (κ1) is 55.9. The van der Waals surface area contributed by atoms with Gasteiger partial charge in [0.05, 0.1) is 44.1 Å². The minimum atomic E-state index is 1.17. The number of benzene rings is 18. The van der Waals surface area contributed by atoms with Crippen LogP contribution in [-0.2, 0) is 0 Å². The Labute approximate surface area is 575 Å². The van der Waals surface area contributed by atoms with Gasteiger partial charge in [0.1, 0.15) is 0 Å². The van der Waals surface area contributed by atoms with Crippen LogP contribution in [0.1, 0.15) is 0 Å². The highest BCUT2D eigenvalue weighted by molar-refractivity contribution is 6.27. The maximum atomic E-state index is 2.46. The van der Waals surface area contributed by atoms with Crippen molar-refractivity contribution in [3.05, 3.63) is 364 Å². The fraction of sp³-hybridized carbons (Fsp3) is 0. The highest BCUT2D eigenvalue weighted by Gasteiger charge is 2.23. The van der Waals surface area contributed by atoms with Crippen LogP contribution in [0, 0.1) is 0 Å². The molecule has 0 spiro atoms. The molecular formula is C96H60N4. The van der Waals surface area contributed by atoms with E-state index in [1.165, 1.54) is 197 Å². The van der Waals surface area contributed by atoms with Crippen LogP contribution in [0.3, 0.4) is 0 Å². The zero-order chi connectivity index (χ0) is 65.5. The van der Waals surface area contributed by atoms with Crippen molar-refractivity contribution in [3.8, 4) is 45.0 Å². The molecule has 0 radical (unpaired) electrons. The van der Waals surface area contributed by atoms with Gasteiger partial charge < -0.3 is 18.3 Å². The maximum absolute atomic E-state index is 2.46. The molecule has 0 atom stereocenters. The average Bonchev–Trinajstić information content (AvgIpc) is 1.57. The average molecular weight is 1270 g/mol. The second kappa shape index (κ2) is 22.1. The molecule has 22 rings (SSSR count). The third-order valence-electron chi connectivity index (χ3n) is 21.3. The Balaban J connectivity index is 0.000000131. The standard InChI is InChI=1S/2C48H30N2/c1-3-13-35(14-4-1)49-45-27-21-33(29-43(45)41-24-20-32-12-8-10-18-38(32)47(41)49)34-22-28-46-44(30-34)42-26-25-39-37-17-9-7-11-31(37)19-23-40(39)48(42)50(46)36-15-5-2-6-16-36;1-3-14-37(15-4-1)49-44-25-22-36(29-42(44)43-27-33-12-7-8-13-34(33)30-46(43)49)35-23-26-45-41(28-35)40-24-21-32-20-19-31-11-9-10-18-39(31)47(32)48(40)50(45)38-16-5-2-6-17-38/h2*1-30H. The summed E-state index contributed by atoms with van der Waals surface area (Å²) in [5, 5.41) is 25.3. The summed E-state index contributed by atoms with van der Waals surface area (Å²) < 4.78 is 9.76. The van der Waals surface area contributed by atoms with E-state index < -0.39 is 0 Å². The number of hydrogen-bond acceptors (Lipinski definition) is 0. The van der Waals surface area contributed by atoms with Gasteiger partial charge in [-0.15, -0.1) is 0 Å². The fourth-order valence-electron chi connectivity index (χ4n) is 16.8. The molecule has 4 nitrogen and oxygen atoms in total. The van der Waals surface area contributed by atoms with E-state index in [9.17, 15) is 0 Å².